The van der Waals surface area contributed by atoms with Gasteiger partial charge < -0.3 is 9.53 Å². The molecule has 0 bridgehead atoms. The molecule has 19 heavy (non-hydrogen) atoms. The lowest BCUT2D eigenvalue weighted by Crippen LogP contribution is -2.06. The minimum Gasteiger partial charge on any atom is -0.496 e. The summed E-state index contributed by atoms with van der Waals surface area (Å²) in [5.74, 6) is 0.534. The SMILES string of the molecule is COc1ccccc1CC(C=O)c1ccccc1Cl. The number of halogens is 1. The number of ether oxygens (including phenoxy) is 1. The molecule has 0 aliphatic heterocycles. The highest BCUT2D eigenvalue weighted by atomic mass is 35.5. The molecular formula is C16H15ClO2. The minimum absolute atomic E-state index is 0.259. The van der Waals surface area contributed by atoms with Crippen LogP contribution in [0.1, 0.15) is 17.0 Å². The molecule has 0 N–H and O–H groups in total. The van der Waals surface area contributed by atoms with E-state index in [9.17, 15) is 4.79 Å². The summed E-state index contributed by atoms with van der Waals surface area (Å²) in [4.78, 5) is 11.4. The molecule has 0 spiro atoms. The van der Waals surface area contributed by atoms with Gasteiger partial charge in [-0.3, -0.25) is 0 Å². The maximum absolute atomic E-state index is 11.4. The third-order valence-corrected chi connectivity index (χ3v) is 3.45. The second kappa shape index (κ2) is 6.39. The first-order valence-corrected chi connectivity index (χ1v) is 6.45. The van der Waals surface area contributed by atoms with E-state index in [0.29, 0.717) is 11.4 Å². The van der Waals surface area contributed by atoms with Crippen LogP contribution >= 0.6 is 11.6 Å². The van der Waals surface area contributed by atoms with Crippen molar-refractivity contribution in [2.45, 2.75) is 12.3 Å². The van der Waals surface area contributed by atoms with Crippen LogP contribution < -0.4 is 4.74 Å². The topological polar surface area (TPSA) is 26.3 Å². The Morgan fingerprint density at radius 1 is 1.16 bits per heavy atom. The van der Waals surface area contributed by atoms with Gasteiger partial charge in [-0.05, 0) is 29.7 Å². The number of benzene rings is 2. The Hall–Kier alpha value is -1.80. The predicted octanol–water partition coefficient (Wildman–Crippen LogP) is 3.87. The third kappa shape index (κ3) is 3.15. The number of para-hydroxylation sites is 1. The molecule has 0 radical (unpaired) electrons. The van der Waals surface area contributed by atoms with Crippen molar-refractivity contribution in [3.63, 3.8) is 0 Å². The second-order valence-corrected chi connectivity index (χ2v) is 4.69. The first-order valence-electron chi connectivity index (χ1n) is 6.08. The number of hydrogen-bond donors (Lipinski definition) is 0. The fourth-order valence-electron chi connectivity index (χ4n) is 2.12. The van der Waals surface area contributed by atoms with Crippen molar-refractivity contribution in [1.82, 2.24) is 0 Å². The van der Waals surface area contributed by atoms with Gasteiger partial charge in [0.25, 0.3) is 0 Å². The van der Waals surface area contributed by atoms with Crippen LogP contribution in [0.15, 0.2) is 48.5 Å². The fraction of sp³-hybridized carbons (Fsp3) is 0.188. The van der Waals surface area contributed by atoms with Crippen molar-refractivity contribution in [3.8, 4) is 5.75 Å². The summed E-state index contributed by atoms with van der Waals surface area (Å²) in [7, 11) is 1.63. The van der Waals surface area contributed by atoms with Crippen molar-refractivity contribution >= 4 is 17.9 Å². The van der Waals surface area contributed by atoms with Crippen LogP contribution in [0.25, 0.3) is 0 Å². The van der Waals surface area contributed by atoms with E-state index in [4.69, 9.17) is 16.3 Å². The number of carbonyl (C=O) groups excluding carboxylic acids is 1. The summed E-state index contributed by atoms with van der Waals surface area (Å²) in [5.41, 5.74) is 1.85. The Bertz CT molecular complexity index is 566. The van der Waals surface area contributed by atoms with Crippen LogP contribution in [-0.4, -0.2) is 13.4 Å². The molecule has 0 saturated heterocycles. The van der Waals surface area contributed by atoms with Gasteiger partial charge in [0.15, 0.2) is 0 Å². The highest BCUT2D eigenvalue weighted by Gasteiger charge is 2.16. The summed E-state index contributed by atoms with van der Waals surface area (Å²) >= 11 is 6.15. The van der Waals surface area contributed by atoms with Crippen molar-refractivity contribution in [2.75, 3.05) is 7.11 Å². The van der Waals surface area contributed by atoms with Crippen LogP contribution in [-0.2, 0) is 11.2 Å². The number of carbonyl (C=O) groups is 1. The summed E-state index contributed by atoms with van der Waals surface area (Å²) in [6, 6.07) is 15.1. The van der Waals surface area contributed by atoms with E-state index in [1.54, 1.807) is 13.2 Å². The Morgan fingerprint density at radius 3 is 2.53 bits per heavy atom. The zero-order valence-corrected chi connectivity index (χ0v) is 11.4. The molecule has 98 valence electrons. The zero-order valence-electron chi connectivity index (χ0n) is 10.7. The van der Waals surface area contributed by atoms with Gasteiger partial charge in [0.05, 0.1) is 7.11 Å². The summed E-state index contributed by atoms with van der Waals surface area (Å²) in [6.07, 6.45) is 1.52. The second-order valence-electron chi connectivity index (χ2n) is 4.28. The molecule has 2 aromatic carbocycles. The molecule has 0 aromatic heterocycles. The van der Waals surface area contributed by atoms with Gasteiger partial charge in [0.2, 0.25) is 0 Å². The van der Waals surface area contributed by atoms with Crippen molar-refractivity contribution in [2.24, 2.45) is 0 Å². The van der Waals surface area contributed by atoms with E-state index in [2.05, 4.69) is 0 Å². The number of hydrogen-bond acceptors (Lipinski definition) is 2. The molecule has 0 aliphatic rings. The van der Waals surface area contributed by atoms with Gasteiger partial charge in [-0.25, -0.2) is 0 Å². The van der Waals surface area contributed by atoms with Gasteiger partial charge in [0, 0.05) is 10.9 Å². The van der Waals surface area contributed by atoms with Gasteiger partial charge in [0.1, 0.15) is 12.0 Å². The molecular weight excluding hydrogens is 260 g/mol. The fourth-order valence-corrected chi connectivity index (χ4v) is 2.39. The maximum Gasteiger partial charge on any atom is 0.127 e. The zero-order chi connectivity index (χ0) is 13.7. The smallest absolute Gasteiger partial charge is 0.127 e. The maximum atomic E-state index is 11.4. The van der Waals surface area contributed by atoms with Crippen molar-refractivity contribution in [3.05, 3.63) is 64.7 Å². The van der Waals surface area contributed by atoms with Crippen molar-refractivity contribution in [1.29, 1.82) is 0 Å². The summed E-state index contributed by atoms with van der Waals surface area (Å²) < 4.78 is 5.31. The van der Waals surface area contributed by atoms with Crippen molar-refractivity contribution < 1.29 is 9.53 Å². The molecule has 0 fully saturated rings. The standard InChI is InChI=1S/C16H15ClO2/c1-19-16-9-5-2-6-12(16)10-13(11-18)14-7-3-4-8-15(14)17/h2-9,11,13H,10H2,1H3. The third-order valence-electron chi connectivity index (χ3n) is 3.10. The largest absolute Gasteiger partial charge is 0.496 e. The molecule has 0 amide bonds. The van der Waals surface area contributed by atoms with Crippen LogP contribution in [0, 0.1) is 0 Å². The van der Waals surface area contributed by atoms with E-state index >= 15 is 0 Å². The molecule has 2 nitrogen and oxygen atoms in total. The van der Waals surface area contributed by atoms with Gasteiger partial charge >= 0.3 is 0 Å². The summed E-state index contributed by atoms with van der Waals surface area (Å²) in [5, 5.41) is 0.620. The minimum atomic E-state index is -0.259. The van der Waals surface area contributed by atoms with Crippen LogP contribution in [0.3, 0.4) is 0 Å². The molecule has 1 atom stereocenters. The highest BCUT2D eigenvalue weighted by Crippen LogP contribution is 2.29. The quantitative estimate of drug-likeness (QED) is 0.774. The van der Waals surface area contributed by atoms with Gasteiger partial charge in [-0.15, -0.1) is 0 Å². The first kappa shape index (κ1) is 13.6. The van der Waals surface area contributed by atoms with E-state index in [1.165, 1.54) is 0 Å². The average Bonchev–Trinajstić information content (AvgIpc) is 2.46. The van der Waals surface area contributed by atoms with E-state index in [0.717, 1.165) is 23.2 Å². The molecule has 1 unspecified atom stereocenters. The lowest BCUT2D eigenvalue weighted by molar-refractivity contribution is -0.109. The number of methoxy groups -OCH3 is 1. The molecule has 3 heteroatoms. The Labute approximate surface area is 118 Å². The van der Waals surface area contributed by atoms with Crippen LogP contribution in [0.2, 0.25) is 5.02 Å². The Kier molecular flexibility index (Phi) is 4.58. The molecule has 2 aromatic rings. The van der Waals surface area contributed by atoms with E-state index in [-0.39, 0.29) is 5.92 Å². The van der Waals surface area contributed by atoms with Gasteiger partial charge in [-0.1, -0.05) is 48.0 Å². The molecule has 0 heterocycles. The number of rotatable bonds is 5. The van der Waals surface area contributed by atoms with E-state index < -0.39 is 0 Å². The number of aldehydes is 1. The predicted molar refractivity (Wildman–Crippen MR) is 77.0 cm³/mol. The molecule has 2 rings (SSSR count). The van der Waals surface area contributed by atoms with Crippen LogP contribution in [0.4, 0.5) is 0 Å². The average molecular weight is 275 g/mol. The first-order chi connectivity index (χ1) is 9.26. The lowest BCUT2D eigenvalue weighted by atomic mass is 9.93. The normalized spacial score (nSPS) is 11.9. The molecule has 0 saturated carbocycles. The Morgan fingerprint density at radius 2 is 1.84 bits per heavy atom. The van der Waals surface area contributed by atoms with Gasteiger partial charge in [-0.2, -0.15) is 0 Å². The highest BCUT2D eigenvalue weighted by molar-refractivity contribution is 6.31. The molecule has 0 aliphatic carbocycles. The lowest BCUT2D eigenvalue weighted by Gasteiger charge is -2.14. The monoisotopic (exact) mass is 274 g/mol. The summed E-state index contributed by atoms with van der Waals surface area (Å²) in [6.45, 7) is 0. The Balaban J connectivity index is 2.29. The van der Waals surface area contributed by atoms with Crippen LogP contribution in [0.5, 0.6) is 5.75 Å². The van der Waals surface area contributed by atoms with E-state index in [1.807, 2.05) is 42.5 Å².